The van der Waals surface area contributed by atoms with E-state index in [-0.39, 0.29) is 17.6 Å². The SMILES string of the molecule is Cc1c(F)cccc1-c1nc2cnn(C(C)(C)c3ccc(-c4ccc(C(F)(F)F)cc4C(F)(F)F)nn3)cc-2n1. The number of rotatable bonds is 4. The van der Waals surface area contributed by atoms with Gasteiger partial charge >= 0.3 is 12.4 Å². The fraction of sp³-hybridized carbons (Fsp3) is 0.222. The molecular formula is C27H19F7N6. The van der Waals surface area contributed by atoms with Gasteiger partial charge in [0.1, 0.15) is 22.7 Å². The third-order valence-electron chi connectivity index (χ3n) is 6.57. The van der Waals surface area contributed by atoms with Crippen LogP contribution in [0.25, 0.3) is 34.0 Å². The van der Waals surface area contributed by atoms with Crippen molar-refractivity contribution in [2.24, 2.45) is 0 Å². The molecule has 13 heteroatoms. The maximum Gasteiger partial charge on any atom is 0.417 e. The Morgan fingerprint density at radius 2 is 1.48 bits per heavy atom. The molecule has 0 saturated heterocycles. The van der Waals surface area contributed by atoms with E-state index in [1.165, 1.54) is 29.1 Å². The van der Waals surface area contributed by atoms with E-state index in [9.17, 15) is 30.7 Å². The van der Waals surface area contributed by atoms with Crippen LogP contribution in [0, 0.1) is 12.7 Å². The van der Waals surface area contributed by atoms with Crippen molar-refractivity contribution in [3.8, 4) is 34.0 Å². The number of alkyl halides is 6. The molecule has 0 spiro atoms. The lowest BCUT2D eigenvalue weighted by atomic mass is 9.98. The van der Waals surface area contributed by atoms with Crippen molar-refractivity contribution >= 4 is 0 Å². The predicted octanol–water partition coefficient (Wildman–Crippen LogP) is 7.17. The van der Waals surface area contributed by atoms with Gasteiger partial charge in [-0.05, 0) is 56.7 Å². The molecule has 0 radical (unpaired) electrons. The van der Waals surface area contributed by atoms with Crippen LogP contribution in [0.15, 0.2) is 60.9 Å². The zero-order valence-corrected chi connectivity index (χ0v) is 21.1. The Hall–Kier alpha value is -4.42. The molecule has 2 aliphatic heterocycles. The minimum Gasteiger partial charge on any atom is -0.259 e. The van der Waals surface area contributed by atoms with E-state index in [2.05, 4.69) is 25.3 Å². The largest absolute Gasteiger partial charge is 0.417 e. The van der Waals surface area contributed by atoms with Gasteiger partial charge < -0.3 is 0 Å². The molecule has 0 unspecified atom stereocenters. The summed E-state index contributed by atoms with van der Waals surface area (Å²) >= 11 is 0. The van der Waals surface area contributed by atoms with Gasteiger partial charge in [0.05, 0.1) is 34.9 Å². The second-order valence-corrected chi connectivity index (χ2v) is 9.57. The van der Waals surface area contributed by atoms with Gasteiger partial charge in [0.25, 0.3) is 0 Å². The second-order valence-electron chi connectivity index (χ2n) is 9.57. The Morgan fingerprint density at radius 1 is 0.750 bits per heavy atom. The van der Waals surface area contributed by atoms with Crippen molar-refractivity contribution in [1.29, 1.82) is 0 Å². The fourth-order valence-electron chi connectivity index (χ4n) is 4.20. The summed E-state index contributed by atoms with van der Waals surface area (Å²) < 4.78 is 95.5. The number of halogens is 7. The van der Waals surface area contributed by atoms with E-state index in [0.29, 0.717) is 40.1 Å². The summed E-state index contributed by atoms with van der Waals surface area (Å²) in [4.78, 5) is 8.93. The van der Waals surface area contributed by atoms with Crippen LogP contribution in [0.2, 0.25) is 0 Å². The number of hydrogen-bond donors (Lipinski definition) is 0. The normalized spacial score (nSPS) is 12.8. The lowest BCUT2D eigenvalue weighted by Gasteiger charge is -2.26. The van der Waals surface area contributed by atoms with Crippen molar-refractivity contribution in [2.75, 3.05) is 0 Å². The van der Waals surface area contributed by atoms with E-state index >= 15 is 0 Å². The highest BCUT2D eigenvalue weighted by Crippen LogP contribution is 2.40. The molecule has 0 saturated carbocycles. The van der Waals surface area contributed by atoms with Gasteiger partial charge in [-0.1, -0.05) is 18.2 Å². The highest BCUT2D eigenvalue weighted by Gasteiger charge is 2.39. The van der Waals surface area contributed by atoms with Crippen molar-refractivity contribution in [3.05, 3.63) is 89.1 Å². The van der Waals surface area contributed by atoms with Gasteiger partial charge in [-0.3, -0.25) is 4.68 Å². The summed E-state index contributed by atoms with van der Waals surface area (Å²) in [7, 11) is 0. The first-order chi connectivity index (χ1) is 18.7. The summed E-state index contributed by atoms with van der Waals surface area (Å²) in [6.07, 6.45) is -6.91. The molecule has 6 nitrogen and oxygen atoms in total. The molecule has 0 N–H and O–H groups in total. The van der Waals surface area contributed by atoms with Crippen molar-refractivity contribution < 1.29 is 30.7 Å². The maximum atomic E-state index is 14.0. The van der Waals surface area contributed by atoms with Crippen molar-refractivity contribution in [1.82, 2.24) is 29.9 Å². The molecule has 0 aliphatic carbocycles. The first-order valence-corrected chi connectivity index (χ1v) is 11.8. The minimum absolute atomic E-state index is 0.0599. The smallest absolute Gasteiger partial charge is 0.259 e. The zero-order valence-electron chi connectivity index (χ0n) is 21.1. The average molecular weight is 560 g/mol. The van der Waals surface area contributed by atoms with E-state index in [0.717, 1.165) is 6.07 Å². The van der Waals surface area contributed by atoms with Crippen molar-refractivity contribution in [2.45, 2.75) is 38.7 Å². The van der Waals surface area contributed by atoms with Gasteiger partial charge in [-0.2, -0.15) is 41.6 Å². The number of nitrogens with zero attached hydrogens (tertiary/aromatic N) is 6. The molecule has 0 amide bonds. The fourth-order valence-corrected chi connectivity index (χ4v) is 4.20. The van der Waals surface area contributed by atoms with Crippen LogP contribution in [-0.4, -0.2) is 29.9 Å². The van der Waals surface area contributed by atoms with Gasteiger partial charge in [0.2, 0.25) is 0 Å². The molecule has 3 heterocycles. The lowest BCUT2D eigenvalue weighted by molar-refractivity contribution is -0.142. The number of imidazole rings is 1. The van der Waals surface area contributed by atoms with E-state index < -0.39 is 34.6 Å². The summed E-state index contributed by atoms with van der Waals surface area (Å²) in [6.45, 7) is 5.10. The van der Waals surface area contributed by atoms with Crippen LogP contribution in [-0.2, 0) is 17.9 Å². The summed E-state index contributed by atoms with van der Waals surface area (Å²) in [5.74, 6) is -0.0631. The molecule has 0 fully saturated rings. The predicted molar refractivity (Wildman–Crippen MR) is 130 cm³/mol. The maximum absolute atomic E-state index is 14.0. The van der Waals surface area contributed by atoms with Crippen LogP contribution in [0.1, 0.15) is 36.2 Å². The van der Waals surface area contributed by atoms with Crippen LogP contribution in [0.4, 0.5) is 30.7 Å². The third-order valence-corrected chi connectivity index (χ3v) is 6.57. The van der Waals surface area contributed by atoms with Gasteiger partial charge in [-0.25, -0.2) is 14.4 Å². The highest BCUT2D eigenvalue weighted by molar-refractivity contribution is 5.68. The van der Waals surface area contributed by atoms with Gasteiger partial charge in [0.15, 0.2) is 5.82 Å². The zero-order chi connectivity index (χ0) is 29.0. The molecule has 40 heavy (non-hydrogen) atoms. The molecular weight excluding hydrogens is 541 g/mol. The molecule has 3 aromatic rings. The third kappa shape index (κ3) is 4.87. The molecule has 206 valence electrons. The number of aromatic nitrogens is 6. The Balaban J connectivity index is 1.49. The molecule has 2 aromatic carbocycles. The Kier molecular flexibility index (Phi) is 6.35. The Morgan fingerprint density at radius 3 is 2.12 bits per heavy atom. The Bertz CT molecular complexity index is 1670. The number of benzene rings is 2. The number of hydrogen-bond acceptors (Lipinski definition) is 5. The summed E-state index contributed by atoms with van der Waals surface area (Å²) in [6, 6.07) is 8.65. The lowest BCUT2D eigenvalue weighted by Crippen LogP contribution is -2.31. The van der Waals surface area contributed by atoms with Crippen LogP contribution in [0.3, 0.4) is 0 Å². The average Bonchev–Trinajstić information content (AvgIpc) is 3.32. The minimum atomic E-state index is -5.05. The standard InChI is InChI=1S/C27H19F7N6/c1-14-16(5-4-6-19(14)28)24-36-21-12-35-40(13-22(21)37-24)25(2,3)23-10-9-20(38-39-23)17-8-7-15(26(29,30)31)11-18(17)27(32,33)34/h4-13H,1-3H3. The first-order valence-electron chi connectivity index (χ1n) is 11.8. The van der Waals surface area contributed by atoms with Crippen LogP contribution in [0.5, 0.6) is 0 Å². The molecule has 0 bridgehead atoms. The van der Waals surface area contributed by atoms with Crippen LogP contribution < -0.4 is 0 Å². The quantitative estimate of drug-likeness (QED) is 0.218. The monoisotopic (exact) mass is 560 g/mol. The van der Waals surface area contributed by atoms with Crippen LogP contribution >= 0.6 is 0 Å². The summed E-state index contributed by atoms with van der Waals surface area (Å²) in [5, 5.41) is 12.3. The molecule has 1 aromatic heterocycles. The van der Waals surface area contributed by atoms with Gasteiger partial charge in [-0.15, -0.1) is 0 Å². The molecule has 0 atom stereocenters. The number of fused-ring (bicyclic) bond motifs is 1. The van der Waals surface area contributed by atoms with Gasteiger partial charge in [0, 0.05) is 11.1 Å². The van der Waals surface area contributed by atoms with E-state index in [1.807, 2.05) is 0 Å². The second kappa shape index (κ2) is 9.35. The molecule has 5 rings (SSSR count). The highest BCUT2D eigenvalue weighted by atomic mass is 19.4. The van der Waals surface area contributed by atoms with E-state index in [1.54, 1.807) is 39.1 Å². The topological polar surface area (TPSA) is 69.4 Å². The first kappa shape index (κ1) is 27.2. The van der Waals surface area contributed by atoms with Crippen molar-refractivity contribution in [3.63, 3.8) is 0 Å². The molecule has 2 aliphatic rings. The Labute approximate surface area is 222 Å². The van der Waals surface area contributed by atoms with E-state index in [4.69, 9.17) is 0 Å². The summed E-state index contributed by atoms with van der Waals surface area (Å²) in [5.41, 5.74) is -2.46.